The number of carbonyl (C=O) groups is 2. The molecule has 1 aliphatic carbocycles. The molecule has 6 aliphatic rings. The highest BCUT2D eigenvalue weighted by Crippen LogP contribution is 2.63. The first-order valence-corrected chi connectivity index (χ1v) is 12.0. The molecule has 2 bridgehead atoms. The number of nitrogens with zero attached hydrogens (tertiary/aromatic N) is 1. The highest BCUT2D eigenvalue weighted by atomic mass is 16.5. The number of piperidine rings is 2. The van der Waals surface area contributed by atoms with Crippen molar-refractivity contribution < 1.29 is 24.5 Å². The zero-order valence-electron chi connectivity index (χ0n) is 19.8. The summed E-state index contributed by atoms with van der Waals surface area (Å²) in [6.07, 6.45) is 5.70. The highest BCUT2D eigenvalue weighted by Gasteiger charge is 2.80. The minimum absolute atomic E-state index is 0.257. The topological polar surface area (TPSA) is 115 Å². The number of H-pyrrole nitrogens is 1. The molecule has 3 atom stereocenters. The first kappa shape index (κ1) is 20.5. The summed E-state index contributed by atoms with van der Waals surface area (Å²) in [4.78, 5) is 32.5. The Labute approximate surface area is 197 Å². The molecular weight excluding hydrogens is 434 g/mol. The number of ether oxygens (including phenoxy) is 1. The van der Waals surface area contributed by atoms with Gasteiger partial charge in [0.05, 0.1) is 5.52 Å². The fourth-order valence-electron chi connectivity index (χ4n) is 7.62. The molecule has 178 valence electrons. The molecule has 5 aliphatic heterocycles. The van der Waals surface area contributed by atoms with Gasteiger partial charge in [0.1, 0.15) is 16.9 Å². The van der Waals surface area contributed by atoms with Crippen molar-refractivity contribution in [2.45, 2.75) is 74.8 Å². The normalized spacial score (nSPS) is 35.4. The number of hydrogen-bond donors (Lipinski definition) is 4. The quantitative estimate of drug-likeness (QED) is 0.447. The molecule has 8 heteroatoms. The Morgan fingerprint density at radius 2 is 1.91 bits per heavy atom. The van der Waals surface area contributed by atoms with Gasteiger partial charge < -0.3 is 30.2 Å². The van der Waals surface area contributed by atoms with Gasteiger partial charge in [-0.3, -0.25) is 9.59 Å². The molecule has 0 saturated carbocycles. The summed E-state index contributed by atoms with van der Waals surface area (Å²) in [6, 6.07) is 3.64. The van der Waals surface area contributed by atoms with Gasteiger partial charge >= 0.3 is 0 Å². The summed E-state index contributed by atoms with van der Waals surface area (Å²) in [5, 5.41) is 27.4. The second-order valence-electron chi connectivity index (χ2n) is 11.8. The van der Waals surface area contributed by atoms with E-state index in [1.165, 1.54) is 0 Å². The lowest BCUT2D eigenvalue weighted by Crippen LogP contribution is -2.89. The average molecular weight is 464 g/mol. The number of carbonyl (C=O) groups excluding carboxylic acids is 2. The van der Waals surface area contributed by atoms with E-state index < -0.39 is 33.8 Å². The van der Waals surface area contributed by atoms with Gasteiger partial charge in [0, 0.05) is 40.1 Å². The number of piperazine rings is 1. The predicted octanol–water partition coefficient (Wildman–Crippen LogP) is 2.03. The molecular formula is C26H29N3O5. The van der Waals surface area contributed by atoms with Crippen LogP contribution in [0.25, 0.3) is 17.0 Å². The maximum Gasteiger partial charge on any atom is 0.255 e. The van der Waals surface area contributed by atoms with E-state index in [4.69, 9.17) is 4.74 Å². The first-order chi connectivity index (χ1) is 15.9. The maximum absolute atomic E-state index is 14.0. The summed E-state index contributed by atoms with van der Waals surface area (Å²) in [5.41, 5.74) is -1.32. The van der Waals surface area contributed by atoms with Crippen LogP contribution in [0, 0.1) is 5.92 Å². The third kappa shape index (κ3) is 1.94. The number of amides is 2. The van der Waals surface area contributed by atoms with Crippen molar-refractivity contribution in [1.29, 1.82) is 0 Å². The van der Waals surface area contributed by atoms with Crippen LogP contribution < -0.4 is 10.1 Å². The van der Waals surface area contributed by atoms with Gasteiger partial charge in [0.2, 0.25) is 11.7 Å². The van der Waals surface area contributed by atoms with E-state index in [0.717, 1.165) is 17.5 Å². The minimum Gasteiger partial charge on any atom is -0.483 e. The molecule has 34 heavy (non-hydrogen) atoms. The van der Waals surface area contributed by atoms with Crippen LogP contribution in [0.15, 0.2) is 18.2 Å². The van der Waals surface area contributed by atoms with Crippen molar-refractivity contribution in [3.8, 4) is 5.75 Å². The molecule has 8 rings (SSSR count). The molecule has 1 aromatic heterocycles. The Balaban J connectivity index is 1.53. The lowest BCUT2D eigenvalue weighted by atomic mass is 9.49. The van der Waals surface area contributed by atoms with E-state index >= 15 is 0 Å². The van der Waals surface area contributed by atoms with Crippen molar-refractivity contribution >= 4 is 28.8 Å². The van der Waals surface area contributed by atoms with Gasteiger partial charge in [-0.25, -0.2) is 0 Å². The molecule has 2 amide bonds. The summed E-state index contributed by atoms with van der Waals surface area (Å²) in [6.45, 7) is 8.48. The van der Waals surface area contributed by atoms with E-state index in [9.17, 15) is 19.8 Å². The zero-order chi connectivity index (χ0) is 24.1. The van der Waals surface area contributed by atoms with Gasteiger partial charge in [0.25, 0.3) is 5.91 Å². The van der Waals surface area contributed by atoms with Gasteiger partial charge in [-0.2, -0.15) is 0 Å². The number of aliphatic hydroxyl groups is 2. The zero-order valence-corrected chi connectivity index (χ0v) is 19.8. The summed E-state index contributed by atoms with van der Waals surface area (Å²) in [7, 11) is 0. The summed E-state index contributed by atoms with van der Waals surface area (Å²) in [5.74, 6) is -3.03. The molecule has 2 aromatic rings. The van der Waals surface area contributed by atoms with E-state index in [1.807, 2.05) is 52.0 Å². The van der Waals surface area contributed by atoms with Crippen LogP contribution in [0.5, 0.6) is 5.75 Å². The van der Waals surface area contributed by atoms with Gasteiger partial charge in [-0.05, 0) is 57.4 Å². The van der Waals surface area contributed by atoms with E-state index in [1.54, 1.807) is 4.90 Å². The number of fused-ring (bicyclic) bond motifs is 6. The lowest BCUT2D eigenvalue weighted by molar-refractivity contribution is -0.274. The Hall–Kier alpha value is -2.84. The van der Waals surface area contributed by atoms with Crippen LogP contribution in [-0.2, 0) is 20.8 Å². The van der Waals surface area contributed by atoms with Crippen LogP contribution in [0.1, 0.15) is 63.8 Å². The number of aromatic amines is 1. The minimum atomic E-state index is -2.59. The summed E-state index contributed by atoms with van der Waals surface area (Å²) < 4.78 is 6.14. The fourth-order valence-corrected chi connectivity index (χ4v) is 7.62. The van der Waals surface area contributed by atoms with Gasteiger partial charge in [0.15, 0.2) is 5.54 Å². The first-order valence-electron chi connectivity index (χ1n) is 12.0. The van der Waals surface area contributed by atoms with E-state index in [-0.39, 0.29) is 17.4 Å². The molecule has 6 heterocycles. The van der Waals surface area contributed by atoms with E-state index in [2.05, 4.69) is 10.3 Å². The van der Waals surface area contributed by atoms with Crippen molar-refractivity contribution in [2.75, 3.05) is 6.54 Å². The van der Waals surface area contributed by atoms with Crippen molar-refractivity contribution in [3.63, 3.8) is 0 Å². The third-order valence-corrected chi connectivity index (χ3v) is 9.28. The number of hydrogen-bond acceptors (Lipinski definition) is 5. The third-order valence-electron chi connectivity index (χ3n) is 9.28. The van der Waals surface area contributed by atoms with E-state index in [0.29, 0.717) is 36.2 Å². The Kier molecular flexibility index (Phi) is 3.33. The molecule has 4 saturated heterocycles. The molecule has 0 radical (unpaired) electrons. The largest absolute Gasteiger partial charge is 0.483 e. The molecule has 1 aromatic carbocycles. The van der Waals surface area contributed by atoms with Crippen molar-refractivity contribution in [3.05, 3.63) is 35.0 Å². The Morgan fingerprint density at radius 3 is 2.68 bits per heavy atom. The Bertz CT molecular complexity index is 1370. The smallest absolute Gasteiger partial charge is 0.255 e. The standard InChI is InChI=1S/C26H29N3O5/c1-22(2)10-8-13-15(34-22)7-6-14-17-19(27-18(13)14)23(3,4)16-12-24-9-5-11-29(24)21(31)25(16,26(17,32)33)28-20(24)30/h6-8,10,16,27,32-33H,5,9,11-12H2,1-4H3,(H,28,30)/t16-,24-,25-/m0/s1. The fraction of sp³-hybridized carbons (Fsp3) is 0.538. The second-order valence-corrected chi connectivity index (χ2v) is 11.8. The van der Waals surface area contributed by atoms with Gasteiger partial charge in [-0.1, -0.05) is 13.8 Å². The van der Waals surface area contributed by atoms with Crippen LogP contribution in [0.4, 0.5) is 0 Å². The monoisotopic (exact) mass is 463 g/mol. The number of aromatic nitrogens is 1. The lowest BCUT2D eigenvalue weighted by Gasteiger charge is -2.66. The van der Waals surface area contributed by atoms with Crippen LogP contribution in [-0.4, -0.2) is 55.1 Å². The van der Waals surface area contributed by atoms with Crippen LogP contribution >= 0.6 is 0 Å². The average Bonchev–Trinajstić information content (AvgIpc) is 3.37. The second kappa shape index (κ2) is 5.52. The SMILES string of the molecule is CC1(C)C=Cc2c(ccc3c4c([nH]c23)C(C)(C)[C@@H]2C[C@]35CCCN3C(=O)[C@]2(NC5=O)C4(O)O)O1. The predicted molar refractivity (Wildman–Crippen MR) is 124 cm³/mol. The molecule has 0 unspecified atom stereocenters. The molecule has 4 fully saturated rings. The Morgan fingerprint density at radius 1 is 1.15 bits per heavy atom. The number of benzene rings is 1. The maximum atomic E-state index is 14.0. The summed E-state index contributed by atoms with van der Waals surface area (Å²) >= 11 is 0. The number of rotatable bonds is 0. The van der Waals surface area contributed by atoms with Crippen LogP contribution in [0.3, 0.4) is 0 Å². The molecule has 4 N–H and O–H groups in total. The molecule has 8 nitrogen and oxygen atoms in total. The number of nitrogens with one attached hydrogen (secondary N) is 2. The van der Waals surface area contributed by atoms with Gasteiger partial charge in [-0.15, -0.1) is 0 Å². The van der Waals surface area contributed by atoms with Crippen LogP contribution in [0.2, 0.25) is 0 Å². The highest BCUT2D eigenvalue weighted by molar-refractivity contribution is 6.07. The van der Waals surface area contributed by atoms with Crippen molar-refractivity contribution in [1.82, 2.24) is 15.2 Å². The van der Waals surface area contributed by atoms with Crippen molar-refractivity contribution in [2.24, 2.45) is 5.92 Å². The molecule has 2 spiro atoms.